The Morgan fingerprint density at radius 2 is 1.61 bits per heavy atom. The lowest BCUT2D eigenvalue weighted by Crippen LogP contribution is -2.31. The van der Waals surface area contributed by atoms with E-state index in [1.165, 1.54) is 83.6 Å². The highest BCUT2D eigenvalue weighted by atomic mass is 14.9. The van der Waals surface area contributed by atoms with E-state index >= 15 is 0 Å². The summed E-state index contributed by atoms with van der Waals surface area (Å²) in [5, 5.41) is 3.78. The molecule has 1 fully saturated rings. The predicted molar refractivity (Wildman–Crippen MR) is 82.0 cm³/mol. The molecule has 1 saturated carbocycles. The summed E-state index contributed by atoms with van der Waals surface area (Å²) in [7, 11) is 0. The molecule has 0 aromatic carbocycles. The van der Waals surface area contributed by atoms with Crippen molar-refractivity contribution < 1.29 is 0 Å². The maximum atomic E-state index is 3.78. The molecule has 0 spiro atoms. The van der Waals surface area contributed by atoms with E-state index < -0.39 is 0 Å². The van der Waals surface area contributed by atoms with Crippen molar-refractivity contribution >= 4 is 0 Å². The minimum absolute atomic E-state index is 0.729. The first kappa shape index (κ1) is 16.0. The Morgan fingerprint density at radius 1 is 0.944 bits per heavy atom. The van der Waals surface area contributed by atoms with Crippen LogP contribution in [0.5, 0.6) is 0 Å². The van der Waals surface area contributed by atoms with Crippen molar-refractivity contribution in [3.8, 4) is 0 Å². The summed E-state index contributed by atoms with van der Waals surface area (Å²) in [4.78, 5) is 0. The summed E-state index contributed by atoms with van der Waals surface area (Å²) in [6.45, 7) is 5.93. The minimum atomic E-state index is 0.729. The van der Waals surface area contributed by atoms with Crippen LogP contribution in [0.25, 0.3) is 0 Å². The number of hydrogen-bond acceptors (Lipinski definition) is 1. The van der Waals surface area contributed by atoms with Crippen LogP contribution in [-0.2, 0) is 0 Å². The summed E-state index contributed by atoms with van der Waals surface area (Å²) >= 11 is 0. The second-order valence-electron chi connectivity index (χ2n) is 6.37. The number of nitrogens with one attached hydrogen (secondary N) is 1. The van der Waals surface area contributed by atoms with Gasteiger partial charge < -0.3 is 5.32 Å². The minimum Gasteiger partial charge on any atom is -0.314 e. The van der Waals surface area contributed by atoms with Crippen LogP contribution in [0.15, 0.2) is 0 Å². The Labute approximate surface area is 115 Å². The Balaban J connectivity index is 2.02. The molecule has 0 amide bonds. The Bertz CT molecular complexity index is 170. The Morgan fingerprint density at radius 3 is 2.28 bits per heavy atom. The third-order valence-corrected chi connectivity index (χ3v) is 4.47. The van der Waals surface area contributed by atoms with Gasteiger partial charge in [0, 0.05) is 6.04 Å². The second-order valence-corrected chi connectivity index (χ2v) is 6.37. The first-order valence-corrected chi connectivity index (χ1v) is 8.56. The predicted octanol–water partition coefficient (Wildman–Crippen LogP) is 5.30. The van der Waals surface area contributed by atoms with Gasteiger partial charge >= 0.3 is 0 Å². The van der Waals surface area contributed by atoms with E-state index in [-0.39, 0.29) is 0 Å². The third kappa shape index (κ3) is 8.13. The molecule has 0 aromatic heterocycles. The molecule has 1 atom stereocenters. The monoisotopic (exact) mass is 253 g/mol. The standard InChI is InChI=1S/C17H35N/c1-3-4-5-9-12-16(2)18-15-17-13-10-7-6-8-11-14-17/h16-18H,3-15H2,1-2H3. The lowest BCUT2D eigenvalue weighted by atomic mass is 9.91. The van der Waals surface area contributed by atoms with Crippen molar-refractivity contribution in [3.63, 3.8) is 0 Å². The lowest BCUT2D eigenvalue weighted by molar-refractivity contribution is 0.341. The molecule has 1 nitrogen and oxygen atoms in total. The molecule has 1 unspecified atom stereocenters. The molecule has 0 aromatic rings. The van der Waals surface area contributed by atoms with E-state index in [1.807, 2.05) is 0 Å². The van der Waals surface area contributed by atoms with Crippen LogP contribution in [0, 0.1) is 5.92 Å². The number of rotatable bonds is 8. The fraction of sp³-hybridized carbons (Fsp3) is 1.00. The van der Waals surface area contributed by atoms with E-state index in [9.17, 15) is 0 Å². The molecule has 0 heterocycles. The molecule has 0 bridgehead atoms. The molecule has 0 aliphatic heterocycles. The SMILES string of the molecule is CCCCCCC(C)NCC1CCCCCCC1. The van der Waals surface area contributed by atoms with Gasteiger partial charge in [0.25, 0.3) is 0 Å². The number of unbranched alkanes of at least 4 members (excludes halogenated alkanes) is 3. The van der Waals surface area contributed by atoms with Gasteiger partial charge in [-0.1, -0.05) is 64.7 Å². The highest BCUT2D eigenvalue weighted by Gasteiger charge is 2.12. The third-order valence-electron chi connectivity index (χ3n) is 4.47. The van der Waals surface area contributed by atoms with Crippen LogP contribution in [0.4, 0.5) is 0 Å². The smallest absolute Gasteiger partial charge is 0.00388 e. The van der Waals surface area contributed by atoms with Crippen molar-refractivity contribution in [1.29, 1.82) is 0 Å². The quantitative estimate of drug-likeness (QED) is 0.579. The van der Waals surface area contributed by atoms with E-state index in [4.69, 9.17) is 0 Å². The zero-order valence-electron chi connectivity index (χ0n) is 12.8. The highest BCUT2D eigenvalue weighted by Crippen LogP contribution is 2.21. The molecular formula is C17H35N. The molecule has 0 saturated heterocycles. The van der Waals surface area contributed by atoms with Gasteiger partial charge in [-0.15, -0.1) is 0 Å². The van der Waals surface area contributed by atoms with Crippen molar-refractivity contribution in [2.75, 3.05) is 6.54 Å². The van der Waals surface area contributed by atoms with Gasteiger partial charge in [-0.3, -0.25) is 0 Å². The first-order valence-electron chi connectivity index (χ1n) is 8.56. The van der Waals surface area contributed by atoms with Crippen molar-refractivity contribution in [3.05, 3.63) is 0 Å². The molecule has 1 N–H and O–H groups in total. The highest BCUT2D eigenvalue weighted by molar-refractivity contribution is 4.69. The molecule has 108 valence electrons. The van der Waals surface area contributed by atoms with Crippen LogP contribution in [0.3, 0.4) is 0 Å². The summed E-state index contributed by atoms with van der Waals surface area (Å²) in [6.07, 6.45) is 17.3. The molecule has 0 radical (unpaired) electrons. The van der Waals surface area contributed by atoms with Crippen LogP contribution in [0.2, 0.25) is 0 Å². The van der Waals surface area contributed by atoms with Gasteiger partial charge in [-0.25, -0.2) is 0 Å². The molecule has 1 rings (SSSR count). The topological polar surface area (TPSA) is 12.0 Å². The van der Waals surface area contributed by atoms with Gasteiger partial charge in [-0.2, -0.15) is 0 Å². The zero-order valence-corrected chi connectivity index (χ0v) is 12.8. The Hall–Kier alpha value is -0.0400. The van der Waals surface area contributed by atoms with E-state index in [1.54, 1.807) is 0 Å². The lowest BCUT2D eigenvalue weighted by Gasteiger charge is -2.22. The van der Waals surface area contributed by atoms with Crippen molar-refractivity contribution in [2.24, 2.45) is 5.92 Å². The van der Waals surface area contributed by atoms with Crippen molar-refractivity contribution in [2.45, 2.75) is 96.9 Å². The normalized spacial score (nSPS) is 20.3. The van der Waals surface area contributed by atoms with Crippen LogP contribution < -0.4 is 5.32 Å². The number of hydrogen-bond donors (Lipinski definition) is 1. The summed E-state index contributed by atoms with van der Waals surface area (Å²) in [5.41, 5.74) is 0. The average Bonchev–Trinajstić information content (AvgIpc) is 2.33. The largest absolute Gasteiger partial charge is 0.314 e. The fourth-order valence-electron chi connectivity index (χ4n) is 3.09. The van der Waals surface area contributed by atoms with Gasteiger partial charge in [0.05, 0.1) is 0 Å². The van der Waals surface area contributed by atoms with Crippen molar-refractivity contribution in [1.82, 2.24) is 5.32 Å². The molecule has 1 aliphatic rings. The van der Waals surface area contributed by atoms with Gasteiger partial charge in [0.15, 0.2) is 0 Å². The zero-order chi connectivity index (χ0) is 13.1. The molecule has 18 heavy (non-hydrogen) atoms. The van der Waals surface area contributed by atoms with Gasteiger partial charge in [-0.05, 0) is 38.6 Å². The second kappa shape index (κ2) is 10.8. The van der Waals surface area contributed by atoms with E-state index in [2.05, 4.69) is 19.2 Å². The van der Waals surface area contributed by atoms with Crippen LogP contribution >= 0.6 is 0 Å². The van der Waals surface area contributed by atoms with Crippen LogP contribution in [0.1, 0.15) is 90.9 Å². The molecule has 1 heteroatoms. The maximum absolute atomic E-state index is 3.78. The first-order chi connectivity index (χ1) is 8.83. The van der Waals surface area contributed by atoms with E-state index in [0.29, 0.717) is 0 Å². The van der Waals surface area contributed by atoms with Crippen LogP contribution in [-0.4, -0.2) is 12.6 Å². The van der Waals surface area contributed by atoms with Gasteiger partial charge in [0.2, 0.25) is 0 Å². The maximum Gasteiger partial charge on any atom is 0.00388 e. The average molecular weight is 253 g/mol. The summed E-state index contributed by atoms with van der Waals surface area (Å²) in [5.74, 6) is 0.961. The molecular weight excluding hydrogens is 218 g/mol. The summed E-state index contributed by atoms with van der Waals surface area (Å²) in [6, 6.07) is 0.729. The Kier molecular flexibility index (Phi) is 9.65. The molecule has 1 aliphatic carbocycles. The van der Waals surface area contributed by atoms with Gasteiger partial charge in [0.1, 0.15) is 0 Å². The van der Waals surface area contributed by atoms with E-state index in [0.717, 1.165) is 12.0 Å². The fourth-order valence-corrected chi connectivity index (χ4v) is 3.09. The summed E-state index contributed by atoms with van der Waals surface area (Å²) < 4.78 is 0.